The first-order valence-electron chi connectivity index (χ1n) is 16.0. The van der Waals surface area contributed by atoms with Gasteiger partial charge in [-0.25, -0.2) is 4.98 Å². The fourth-order valence-electron chi connectivity index (χ4n) is 5.38. The molecule has 5 aromatic rings. The number of aryl methyl sites for hydroxylation is 2. The molecule has 0 aliphatic carbocycles. The van der Waals surface area contributed by atoms with Gasteiger partial charge in [0.15, 0.2) is 0 Å². The van der Waals surface area contributed by atoms with E-state index in [0.717, 1.165) is 27.9 Å². The Morgan fingerprint density at radius 3 is 2.31 bits per heavy atom. The summed E-state index contributed by atoms with van der Waals surface area (Å²) in [6.45, 7) is 3.78. The number of pyridine rings is 2. The number of amides is 1. The number of para-hydroxylation sites is 1. The summed E-state index contributed by atoms with van der Waals surface area (Å²) in [4.78, 5) is 47.6. The van der Waals surface area contributed by atoms with E-state index in [1.807, 2.05) is 73.7 Å². The van der Waals surface area contributed by atoms with Crippen LogP contribution in [0.15, 0.2) is 85.1 Å². The van der Waals surface area contributed by atoms with E-state index in [1.54, 1.807) is 32.3 Å². The van der Waals surface area contributed by atoms with Gasteiger partial charge < -0.3 is 14.4 Å². The van der Waals surface area contributed by atoms with E-state index in [-0.39, 0.29) is 41.9 Å². The maximum absolute atomic E-state index is 13.1. The number of hydrogen-bond acceptors (Lipinski definition) is 7. The molecule has 0 aliphatic rings. The van der Waals surface area contributed by atoms with E-state index in [1.165, 1.54) is 4.90 Å². The van der Waals surface area contributed by atoms with Crippen LogP contribution in [0.1, 0.15) is 54.3 Å². The Labute approximate surface area is 296 Å². The zero-order valence-corrected chi connectivity index (χ0v) is 29.2. The first kappa shape index (κ1) is 35.5. The number of anilines is 1. The van der Waals surface area contributed by atoms with Crippen molar-refractivity contribution in [1.29, 1.82) is 0 Å². The molecule has 1 amide bonds. The molecule has 0 bridgehead atoms. The maximum atomic E-state index is 13.1. The third kappa shape index (κ3) is 9.43. The number of rotatable bonds is 15. The molecule has 2 heterocycles. The average molecular weight is 699 g/mol. The van der Waals surface area contributed by atoms with Crippen molar-refractivity contribution >= 4 is 57.3 Å². The summed E-state index contributed by atoms with van der Waals surface area (Å²) in [6, 6.07) is 24.2. The molecular weight excluding hydrogens is 661 g/mol. The number of fused-ring (bicyclic) bond motifs is 1. The van der Waals surface area contributed by atoms with Gasteiger partial charge in [0.25, 0.3) is 0 Å². The Hall–Kier alpha value is -4.79. The Balaban J connectivity index is 1.21. The highest BCUT2D eigenvalue weighted by molar-refractivity contribution is 6.38. The van der Waals surface area contributed by atoms with Gasteiger partial charge in [-0.15, -0.1) is 0 Å². The van der Waals surface area contributed by atoms with Crippen molar-refractivity contribution in [2.45, 2.75) is 59.2 Å². The molecule has 0 radical (unpaired) electrons. The van der Waals surface area contributed by atoms with Crippen LogP contribution in [0.3, 0.4) is 0 Å². The summed E-state index contributed by atoms with van der Waals surface area (Å²) in [5.41, 5.74) is 5.13. The minimum atomic E-state index is -0.245. The van der Waals surface area contributed by atoms with Crippen LogP contribution in [0.25, 0.3) is 10.9 Å². The van der Waals surface area contributed by atoms with Crippen molar-refractivity contribution in [2.24, 2.45) is 0 Å². The largest absolute Gasteiger partial charge is 0.487 e. The van der Waals surface area contributed by atoms with Crippen LogP contribution < -0.4 is 14.4 Å². The Kier molecular flexibility index (Phi) is 12.0. The number of ketones is 2. The van der Waals surface area contributed by atoms with E-state index >= 15 is 0 Å². The van der Waals surface area contributed by atoms with E-state index in [9.17, 15) is 14.4 Å². The van der Waals surface area contributed by atoms with Crippen LogP contribution in [0.4, 0.5) is 5.69 Å². The lowest BCUT2D eigenvalue weighted by atomic mass is 10.0. The highest BCUT2D eigenvalue weighted by atomic mass is 35.5. The number of halogens is 2. The minimum Gasteiger partial charge on any atom is -0.487 e. The lowest BCUT2D eigenvalue weighted by Gasteiger charge is -2.21. The molecule has 0 N–H and O–H groups in total. The molecule has 0 spiro atoms. The van der Waals surface area contributed by atoms with E-state index < -0.39 is 0 Å². The maximum Gasteiger partial charge on any atom is 0.227 e. The molecule has 49 heavy (non-hydrogen) atoms. The van der Waals surface area contributed by atoms with Crippen LogP contribution in [0, 0.1) is 6.92 Å². The van der Waals surface area contributed by atoms with Crippen LogP contribution in [-0.4, -0.2) is 34.5 Å². The molecule has 3 aromatic carbocycles. The van der Waals surface area contributed by atoms with Gasteiger partial charge in [-0.05, 0) is 67.8 Å². The third-order valence-electron chi connectivity index (χ3n) is 8.05. The third-order valence-corrected chi connectivity index (χ3v) is 8.83. The van der Waals surface area contributed by atoms with Crippen LogP contribution in [0.2, 0.25) is 10.0 Å². The first-order chi connectivity index (χ1) is 23.6. The molecule has 5 rings (SSSR count). The van der Waals surface area contributed by atoms with E-state index in [2.05, 4.69) is 4.98 Å². The SMILES string of the molecule is CC(=O)Cc1ccc(CCC(=O)CCC(=O)N(C)c2ccc(Cl)c(COc3cccc4c(OCc5ccccn5)cc(C)nc34)c2Cl)cc1. The van der Waals surface area contributed by atoms with Crippen LogP contribution in [-0.2, 0) is 40.4 Å². The number of carbonyl (C=O) groups is 3. The molecule has 0 aliphatic heterocycles. The number of nitrogens with zero attached hydrogens (tertiary/aromatic N) is 3. The number of carbonyl (C=O) groups excluding carboxylic acids is 3. The number of aromatic nitrogens is 2. The van der Waals surface area contributed by atoms with Gasteiger partial charge in [0.2, 0.25) is 5.91 Å². The molecule has 10 heteroatoms. The van der Waals surface area contributed by atoms with Gasteiger partial charge in [-0.2, -0.15) is 0 Å². The highest BCUT2D eigenvalue weighted by Gasteiger charge is 2.20. The van der Waals surface area contributed by atoms with Gasteiger partial charge in [-0.1, -0.05) is 59.6 Å². The molecule has 0 atom stereocenters. The molecule has 0 fully saturated rings. The highest BCUT2D eigenvalue weighted by Crippen LogP contribution is 2.37. The van der Waals surface area contributed by atoms with Crippen molar-refractivity contribution in [3.63, 3.8) is 0 Å². The second-order valence-corrected chi connectivity index (χ2v) is 12.6. The molecular formula is C39H37Cl2N3O5. The predicted octanol–water partition coefficient (Wildman–Crippen LogP) is 8.48. The van der Waals surface area contributed by atoms with Gasteiger partial charge in [-0.3, -0.25) is 19.4 Å². The average Bonchev–Trinajstić information content (AvgIpc) is 3.09. The summed E-state index contributed by atoms with van der Waals surface area (Å²) < 4.78 is 12.4. The summed E-state index contributed by atoms with van der Waals surface area (Å²) in [7, 11) is 1.62. The lowest BCUT2D eigenvalue weighted by Crippen LogP contribution is -2.27. The van der Waals surface area contributed by atoms with Gasteiger partial charge >= 0.3 is 0 Å². The molecule has 252 valence electrons. The minimum absolute atomic E-state index is 0.00456. The molecule has 0 unspecified atom stereocenters. The zero-order valence-electron chi connectivity index (χ0n) is 27.7. The molecule has 0 saturated heterocycles. The Morgan fingerprint density at radius 1 is 0.816 bits per heavy atom. The normalized spacial score (nSPS) is 11.0. The van der Waals surface area contributed by atoms with Crippen LogP contribution >= 0.6 is 23.2 Å². The topological polar surface area (TPSA) is 98.7 Å². The van der Waals surface area contributed by atoms with Gasteiger partial charge in [0.1, 0.15) is 41.8 Å². The zero-order chi connectivity index (χ0) is 34.9. The van der Waals surface area contributed by atoms with E-state index in [4.69, 9.17) is 37.7 Å². The van der Waals surface area contributed by atoms with Crippen molar-refractivity contribution in [3.05, 3.63) is 123 Å². The summed E-state index contributed by atoms with van der Waals surface area (Å²) in [5, 5.41) is 1.46. The lowest BCUT2D eigenvalue weighted by molar-refractivity contribution is -0.123. The predicted molar refractivity (Wildman–Crippen MR) is 193 cm³/mol. The monoisotopic (exact) mass is 697 g/mol. The van der Waals surface area contributed by atoms with Crippen molar-refractivity contribution in [1.82, 2.24) is 9.97 Å². The molecule has 0 saturated carbocycles. The van der Waals surface area contributed by atoms with Crippen molar-refractivity contribution in [2.75, 3.05) is 11.9 Å². The Bertz CT molecular complexity index is 1970. The number of ether oxygens (including phenoxy) is 2. The molecule has 2 aromatic heterocycles. The standard InChI is InChI=1S/C39H37Cl2N3O5/c1-25-21-36(48-23-29-7-4-5-20-42-29)31-8-6-9-35(39(31)43-25)49-24-32-33(40)17-18-34(38(32)41)44(3)37(47)19-16-30(46)15-14-27-10-12-28(13-11-27)22-26(2)45/h4-13,17-18,20-21H,14-16,19,22-24H2,1-3H3. The first-order valence-corrected chi connectivity index (χ1v) is 16.7. The molecule has 8 nitrogen and oxygen atoms in total. The van der Waals surface area contributed by atoms with Crippen molar-refractivity contribution < 1.29 is 23.9 Å². The van der Waals surface area contributed by atoms with Gasteiger partial charge in [0, 0.05) is 66.7 Å². The van der Waals surface area contributed by atoms with Crippen molar-refractivity contribution in [3.8, 4) is 11.5 Å². The number of hydrogen-bond donors (Lipinski definition) is 0. The Morgan fingerprint density at radius 2 is 1.57 bits per heavy atom. The number of benzene rings is 3. The van der Waals surface area contributed by atoms with E-state index in [0.29, 0.717) is 59.2 Å². The summed E-state index contributed by atoms with van der Waals surface area (Å²) >= 11 is 13.4. The number of Topliss-reactive ketones (excluding diaryl/α,β-unsaturated/α-hetero) is 2. The summed E-state index contributed by atoms with van der Waals surface area (Å²) in [6.07, 6.45) is 3.18. The fourth-order valence-corrected chi connectivity index (χ4v) is 5.99. The second-order valence-electron chi connectivity index (χ2n) is 11.9. The van der Waals surface area contributed by atoms with Crippen LogP contribution in [0.5, 0.6) is 11.5 Å². The fraction of sp³-hybridized carbons (Fsp3) is 0.256. The quantitative estimate of drug-likeness (QED) is 0.108. The van der Waals surface area contributed by atoms with Gasteiger partial charge in [0.05, 0.1) is 16.4 Å². The second kappa shape index (κ2) is 16.5. The smallest absolute Gasteiger partial charge is 0.227 e. The summed E-state index contributed by atoms with van der Waals surface area (Å²) in [5.74, 6) is 1.04.